The summed E-state index contributed by atoms with van der Waals surface area (Å²) in [6, 6.07) is 12.5. The minimum absolute atomic E-state index is 0. The van der Waals surface area contributed by atoms with Crippen LogP contribution in [0.25, 0.3) is 0 Å². The number of hydrogen-bond donors (Lipinski definition) is 3. The van der Waals surface area contributed by atoms with Crippen LogP contribution < -0.4 is 20.5 Å². The third kappa shape index (κ3) is 8.19. The maximum Gasteiger partial charge on any atom is 0.238 e. The molecule has 0 aromatic heterocycles. The Bertz CT molecular complexity index is 916. The molecule has 0 aliphatic rings. The van der Waals surface area contributed by atoms with Crippen LogP contribution in [-0.4, -0.2) is 34.6 Å². The van der Waals surface area contributed by atoms with E-state index in [0.29, 0.717) is 19.0 Å². The first kappa shape index (κ1) is 25.2. The van der Waals surface area contributed by atoms with E-state index in [4.69, 9.17) is 9.88 Å². The SMILES string of the molecule is CCNC(=NCc1ccc(S(N)(=O)=O)cc1)NCCc1cc(C)ccc1OC.I. The first-order valence-corrected chi connectivity index (χ1v) is 10.7. The van der Waals surface area contributed by atoms with Crippen LogP contribution in [0.4, 0.5) is 0 Å². The third-order valence-electron chi connectivity index (χ3n) is 4.14. The highest BCUT2D eigenvalue weighted by Gasteiger charge is 2.07. The minimum Gasteiger partial charge on any atom is -0.496 e. The number of guanidine groups is 1. The average molecular weight is 532 g/mol. The van der Waals surface area contributed by atoms with Gasteiger partial charge >= 0.3 is 0 Å². The van der Waals surface area contributed by atoms with Crippen LogP contribution >= 0.6 is 24.0 Å². The van der Waals surface area contributed by atoms with E-state index >= 15 is 0 Å². The first-order chi connectivity index (χ1) is 13.3. The number of aliphatic imine (C=N–C) groups is 1. The van der Waals surface area contributed by atoms with Gasteiger partial charge in [0.1, 0.15) is 5.75 Å². The Morgan fingerprint density at radius 3 is 2.41 bits per heavy atom. The maximum absolute atomic E-state index is 11.3. The average Bonchev–Trinajstić information content (AvgIpc) is 2.66. The molecule has 0 fully saturated rings. The molecule has 2 aromatic carbocycles. The van der Waals surface area contributed by atoms with E-state index in [1.165, 1.54) is 17.7 Å². The number of hydrogen-bond acceptors (Lipinski definition) is 4. The number of methoxy groups -OCH3 is 1. The Morgan fingerprint density at radius 2 is 1.83 bits per heavy atom. The van der Waals surface area contributed by atoms with Crippen molar-refractivity contribution in [1.29, 1.82) is 0 Å². The molecule has 7 nitrogen and oxygen atoms in total. The van der Waals surface area contributed by atoms with Gasteiger partial charge in [0, 0.05) is 13.1 Å². The smallest absolute Gasteiger partial charge is 0.238 e. The zero-order valence-corrected chi connectivity index (χ0v) is 20.1. The molecule has 0 radical (unpaired) electrons. The Labute approximate surface area is 190 Å². The fourth-order valence-electron chi connectivity index (χ4n) is 2.71. The van der Waals surface area contributed by atoms with Gasteiger partial charge in [0.15, 0.2) is 5.96 Å². The summed E-state index contributed by atoms with van der Waals surface area (Å²) in [6.07, 6.45) is 0.804. The van der Waals surface area contributed by atoms with E-state index in [2.05, 4.69) is 28.6 Å². The second kappa shape index (κ2) is 12.0. The van der Waals surface area contributed by atoms with Gasteiger partial charge in [-0.25, -0.2) is 18.5 Å². The van der Waals surface area contributed by atoms with Crippen LogP contribution in [0, 0.1) is 6.92 Å². The van der Waals surface area contributed by atoms with Crippen molar-refractivity contribution in [3.8, 4) is 5.75 Å². The van der Waals surface area contributed by atoms with Gasteiger partial charge in [-0.05, 0) is 49.6 Å². The van der Waals surface area contributed by atoms with Gasteiger partial charge in [-0.3, -0.25) is 0 Å². The molecule has 0 saturated heterocycles. The Morgan fingerprint density at radius 1 is 1.14 bits per heavy atom. The molecule has 4 N–H and O–H groups in total. The molecular formula is C20H29IN4O3S. The lowest BCUT2D eigenvalue weighted by Gasteiger charge is -2.13. The summed E-state index contributed by atoms with van der Waals surface area (Å²) in [4.78, 5) is 4.64. The van der Waals surface area contributed by atoms with Gasteiger partial charge in [0.2, 0.25) is 10.0 Å². The number of nitrogens with two attached hydrogens (primary N) is 1. The highest BCUT2D eigenvalue weighted by molar-refractivity contribution is 14.0. The molecule has 2 aromatic rings. The van der Waals surface area contributed by atoms with Crippen LogP contribution in [0.15, 0.2) is 52.4 Å². The molecule has 0 spiro atoms. The summed E-state index contributed by atoms with van der Waals surface area (Å²) in [7, 11) is -2.00. The second-order valence-electron chi connectivity index (χ2n) is 6.38. The van der Waals surface area contributed by atoms with Gasteiger partial charge in [-0.2, -0.15) is 0 Å². The minimum atomic E-state index is -3.68. The van der Waals surface area contributed by atoms with Crippen molar-refractivity contribution < 1.29 is 13.2 Å². The standard InChI is InChI=1S/C20H28N4O3S.HI/c1-4-22-20(23-12-11-17-13-15(2)5-10-19(17)27-3)24-14-16-6-8-18(9-7-16)28(21,25)26;/h5-10,13H,4,11-12,14H2,1-3H3,(H2,21,25,26)(H2,22,23,24);1H. The molecule has 9 heteroatoms. The summed E-state index contributed by atoms with van der Waals surface area (Å²) >= 11 is 0. The zero-order valence-electron chi connectivity index (χ0n) is 16.9. The molecule has 160 valence electrons. The number of nitrogens with one attached hydrogen (secondary N) is 2. The highest BCUT2D eigenvalue weighted by atomic mass is 127. The van der Waals surface area contributed by atoms with Gasteiger partial charge in [-0.15, -0.1) is 24.0 Å². The predicted octanol–water partition coefficient (Wildman–Crippen LogP) is 2.57. The van der Waals surface area contributed by atoms with Crippen molar-refractivity contribution >= 4 is 40.0 Å². The number of rotatable bonds is 8. The fraction of sp³-hybridized carbons (Fsp3) is 0.350. The lowest BCUT2D eigenvalue weighted by atomic mass is 10.1. The quantitative estimate of drug-likeness (QED) is 0.276. The molecule has 0 bridgehead atoms. The lowest BCUT2D eigenvalue weighted by Crippen LogP contribution is -2.38. The maximum atomic E-state index is 11.3. The van der Waals surface area contributed by atoms with Crippen LogP contribution in [0.2, 0.25) is 0 Å². The van der Waals surface area contributed by atoms with E-state index in [-0.39, 0.29) is 28.9 Å². The third-order valence-corrected chi connectivity index (χ3v) is 5.07. The fourth-order valence-corrected chi connectivity index (χ4v) is 3.23. The van der Waals surface area contributed by atoms with E-state index in [1.54, 1.807) is 19.2 Å². The van der Waals surface area contributed by atoms with Gasteiger partial charge < -0.3 is 15.4 Å². The number of aryl methyl sites for hydroxylation is 1. The Kier molecular flexibility index (Phi) is 10.4. The number of sulfonamides is 1. The van der Waals surface area contributed by atoms with Crippen molar-refractivity contribution in [3.05, 3.63) is 59.2 Å². The molecule has 0 aliphatic carbocycles. The molecular weight excluding hydrogens is 503 g/mol. The van der Waals surface area contributed by atoms with E-state index < -0.39 is 10.0 Å². The van der Waals surface area contributed by atoms with E-state index in [0.717, 1.165) is 29.8 Å². The first-order valence-electron chi connectivity index (χ1n) is 9.11. The molecule has 0 atom stereocenters. The zero-order chi connectivity index (χ0) is 20.6. The molecule has 0 amide bonds. The predicted molar refractivity (Wildman–Crippen MR) is 127 cm³/mol. The molecule has 29 heavy (non-hydrogen) atoms. The van der Waals surface area contributed by atoms with Crippen molar-refractivity contribution in [2.45, 2.75) is 31.7 Å². The summed E-state index contributed by atoms with van der Waals surface area (Å²) in [5.41, 5.74) is 3.23. The van der Waals surface area contributed by atoms with Gasteiger partial charge in [0.25, 0.3) is 0 Å². The molecule has 0 saturated carbocycles. The largest absolute Gasteiger partial charge is 0.496 e. The molecule has 0 unspecified atom stereocenters. The summed E-state index contributed by atoms with van der Waals surface area (Å²) in [6.45, 7) is 5.93. The van der Waals surface area contributed by atoms with Crippen LogP contribution in [-0.2, 0) is 23.0 Å². The van der Waals surface area contributed by atoms with Gasteiger partial charge in [-0.1, -0.05) is 29.8 Å². The number of nitrogens with zero attached hydrogens (tertiary/aromatic N) is 1. The monoisotopic (exact) mass is 532 g/mol. The van der Waals surface area contributed by atoms with E-state index in [9.17, 15) is 8.42 Å². The summed E-state index contributed by atoms with van der Waals surface area (Å²) in [5.74, 6) is 1.58. The second-order valence-corrected chi connectivity index (χ2v) is 7.94. The van der Waals surface area contributed by atoms with Crippen LogP contribution in [0.5, 0.6) is 5.75 Å². The number of benzene rings is 2. The van der Waals surface area contributed by atoms with Crippen molar-refractivity contribution in [1.82, 2.24) is 10.6 Å². The number of ether oxygens (including phenoxy) is 1. The number of primary sulfonamides is 1. The summed E-state index contributed by atoms with van der Waals surface area (Å²) in [5, 5.41) is 11.6. The van der Waals surface area contributed by atoms with Crippen LogP contribution in [0.1, 0.15) is 23.6 Å². The molecule has 0 aliphatic heterocycles. The highest BCUT2D eigenvalue weighted by Crippen LogP contribution is 2.19. The van der Waals surface area contributed by atoms with Gasteiger partial charge in [0.05, 0.1) is 18.6 Å². The van der Waals surface area contributed by atoms with Crippen molar-refractivity contribution in [2.75, 3.05) is 20.2 Å². The summed E-state index contributed by atoms with van der Waals surface area (Å²) < 4.78 is 28.1. The Balaban J connectivity index is 0.00000420. The van der Waals surface area contributed by atoms with E-state index in [1.807, 2.05) is 19.1 Å². The number of halogens is 1. The van der Waals surface area contributed by atoms with Crippen molar-refractivity contribution in [2.24, 2.45) is 10.1 Å². The molecule has 2 rings (SSSR count). The topological polar surface area (TPSA) is 106 Å². The Hall–Kier alpha value is -1.85. The van der Waals surface area contributed by atoms with Crippen LogP contribution in [0.3, 0.4) is 0 Å². The lowest BCUT2D eigenvalue weighted by molar-refractivity contribution is 0.409. The normalized spacial score (nSPS) is 11.5. The molecule has 0 heterocycles. The van der Waals surface area contributed by atoms with Crippen molar-refractivity contribution in [3.63, 3.8) is 0 Å².